The lowest BCUT2D eigenvalue weighted by Gasteiger charge is -2.40. The number of aliphatic hydroxyl groups excluding tert-OH is 3. The van der Waals surface area contributed by atoms with Gasteiger partial charge in [-0.2, -0.15) is 8.42 Å². The summed E-state index contributed by atoms with van der Waals surface area (Å²) in [5.41, 5.74) is 0. The summed E-state index contributed by atoms with van der Waals surface area (Å²) < 4.78 is 54.1. The summed E-state index contributed by atoms with van der Waals surface area (Å²) in [6, 6.07) is 0. The second-order valence-electron chi connectivity index (χ2n) is 16.5. The minimum Gasteiger partial charge on any atom is -0.462 e. The first-order valence-electron chi connectivity index (χ1n) is 23.9. The predicted octanol–water partition coefficient (Wildman–Crippen LogP) is 10.1. The van der Waals surface area contributed by atoms with Gasteiger partial charge in [0, 0.05) is 12.8 Å². The fourth-order valence-corrected chi connectivity index (χ4v) is 7.67. The molecule has 0 aliphatic carbocycles. The summed E-state index contributed by atoms with van der Waals surface area (Å²) >= 11 is 0. The summed E-state index contributed by atoms with van der Waals surface area (Å²) in [6.45, 7) is 3.60. The molecule has 358 valence electrons. The molecule has 0 bridgehead atoms. The van der Waals surface area contributed by atoms with E-state index < -0.39 is 71.2 Å². The molecular weight excluding hydrogens is 813 g/mol. The van der Waals surface area contributed by atoms with Crippen molar-refractivity contribution >= 4 is 22.1 Å². The summed E-state index contributed by atoms with van der Waals surface area (Å²) in [5, 5.41) is 30.9. The molecule has 2 unspecified atom stereocenters. The van der Waals surface area contributed by atoms with Crippen LogP contribution in [-0.2, 0) is 38.7 Å². The Morgan fingerprint density at radius 2 is 1.03 bits per heavy atom. The van der Waals surface area contributed by atoms with Crippen molar-refractivity contribution in [2.45, 2.75) is 218 Å². The SMILES string of the molecule is CC/C=C/C=C/C=C/C=C/CCCCCCCC(=O)OC[C@H](CO[C@H]1O[C@H](CS(=O)(=O)O)[C@@H](O)C(O)C1O)OC(=O)CCCCCCCCCCC/C=C/CCCCCCCC. The Balaban J connectivity index is 2.43. The lowest BCUT2D eigenvalue weighted by atomic mass is 10.00. The maximum Gasteiger partial charge on any atom is 0.306 e. The van der Waals surface area contributed by atoms with Crippen LogP contribution in [-0.4, -0.2) is 96.0 Å². The number of ether oxygens (including phenoxy) is 4. The number of carbonyl (C=O) groups excluding carboxylic acids is 2. The van der Waals surface area contributed by atoms with E-state index in [0.29, 0.717) is 12.8 Å². The number of unbranched alkanes of at least 4 members (excludes halogenated alkanes) is 20. The minimum absolute atomic E-state index is 0.154. The first-order chi connectivity index (χ1) is 30.0. The van der Waals surface area contributed by atoms with Crippen LogP contribution >= 0.6 is 0 Å². The molecule has 12 nitrogen and oxygen atoms in total. The molecule has 0 spiro atoms. The fraction of sp³-hybridized carbons (Fsp3) is 0.755. The van der Waals surface area contributed by atoms with E-state index in [9.17, 15) is 37.9 Å². The van der Waals surface area contributed by atoms with Crippen molar-refractivity contribution in [3.63, 3.8) is 0 Å². The minimum atomic E-state index is -4.61. The first-order valence-corrected chi connectivity index (χ1v) is 25.5. The number of carbonyl (C=O) groups is 2. The average Bonchev–Trinajstić information content (AvgIpc) is 3.24. The summed E-state index contributed by atoms with van der Waals surface area (Å²) in [5.74, 6) is -2.02. The van der Waals surface area contributed by atoms with Gasteiger partial charge in [0.15, 0.2) is 12.4 Å². The van der Waals surface area contributed by atoms with Crippen LogP contribution in [0.5, 0.6) is 0 Å². The van der Waals surface area contributed by atoms with Crippen LogP contribution in [0, 0.1) is 0 Å². The zero-order valence-electron chi connectivity index (χ0n) is 38.2. The molecule has 1 fully saturated rings. The zero-order valence-corrected chi connectivity index (χ0v) is 39.0. The predicted molar refractivity (Wildman–Crippen MR) is 247 cm³/mol. The Labute approximate surface area is 375 Å². The van der Waals surface area contributed by atoms with Gasteiger partial charge in [-0.25, -0.2) is 0 Å². The third kappa shape index (κ3) is 32.9. The van der Waals surface area contributed by atoms with Crippen LogP contribution in [0.3, 0.4) is 0 Å². The summed E-state index contributed by atoms with van der Waals surface area (Å²) in [6.07, 6.45) is 38.3. The molecule has 1 rings (SSSR count). The molecule has 0 aromatic rings. The van der Waals surface area contributed by atoms with Crippen molar-refractivity contribution in [1.29, 1.82) is 0 Å². The number of esters is 2. The number of allylic oxidation sites excluding steroid dienone is 10. The van der Waals surface area contributed by atoms with Crippen molar-refractivity contribution in [2.24, 2.45) is 0 Å². The van der Waals surface area contributed by atoms with Crippen molar-refractivity contribution in [1.82, 2.24) is 0 Å². The van der Waals surface area contributed by atoms with Gasteiger partial charge in [0.1, 0.15) is 36.8 Å². The Bertz CT molecular complexity index is 1370. The van der Waals surface area contributed by atoms with E-state index in [0.717, 1.165) is 64.2 Å². The van der Waals surface area contributed by atoms with Crippen LogP contribution in [0.1, 0.15) is 181 Å². The molecule has 13 heteroatoms. The molecule has 1 aliphatic heterocycles. The van der Waals surface area contributed by atoms with E-state index in [1.54, 1.807) is 0 Å². The Morgan fingerprint density at radius 3 is 1.56 bits per heavy atom. The Morgan fingerprint density at radius 1 is 0.565 bits per heavy atom. The van der Waals surface area contributed by atoms with Gasteiger partial charge >= 0.3 is 11.9 Å². The third-order valence-electron chi connectivity index (χ3n) is 10.7. The molecule has 0 radical (unpaired) electrons. The van der Waals surface area contributed by atoms with Crippen LogP contribution in [0.4, 0.5) is 0 Å². The Hall–Kier alpha value is -2.65. The maximum absolute atomic E-state index is 12.8. The highest BCUT2D eigenvalue weighted by atomic mass is 32.2. The molecule has 1 aliphatic rings. The summed E-state index contributed by atoms with van der Waals surface area (Å²) in [7, 11) is -4.61. The molecule has 62 heavy (non-hydrogen) atoms. The molecule has 4 N–H and O–H groups in total. The number of aliphatic hydroxyl groups is 3. The molecule has 1 saturated heterocycles. The van der Waals surface area contributed by atoms with Gasteiger partial charge in [-0.1, -0.05) is 171 Å². The molecule has 0 amide bonds. The lowest BCUT2D eigenvalue weighted by Crippen LogP contribution is -2.60. The van der Waals surface area contributed by atoms with Crippen LogP contribution in [0.15, 0.2) is 60.8 Å². The largest absolute Gasteiger partial charge is 0.462 e. The lowest BCUT2D eigenvalue weighted by molar-refractivity contribution is -0.297. The fourth-order valence-electron chi connectivity index (χ4n) is 6.98. The zero-order chi connectivity index (χ0) is 45.5. The monoisotopic (exact) mass is 897 g/mol. The van der Waals surface area contributed by atoms with Gasteiger partial charge in [-0.15, -0.1) is 0 Å². The van der Waals surface area contributed by atoms with Crippen LogP contribution in [0.2, 0.25) is 0 Å². The molecule has 0 aromatic carbocycles. The molecule has 0 aromatic heterocycles. The highest BCUT2D eigenvalue weighted by molar-refractivity contribution is 7.85. The molecular formula is C49H84O12S. The van der Waals surface area contributed by atoms with E-state index in [4.69, 9.17) is 18.9 Å². The van der Waals surface area contributed by atoms with Crippen molar-refractivity contribution < 1.29 is 56.8 Å². The van der Waals surface area contributed by atoms with E-state index in [1.165, 1.54) is 77.0 Å². The van der Waals surface area contributed by atoms with Gasteiger partial charge < -0.3 is 34.3 Å². The van der Waals surface area contributed by atoms with Crippen molar-refractivity contribution in [3.8, 4) is 0 Å². The van der Waals surface area contributed by atoms with Crippen LogP contribution in [0.25, 0.3) is 0 Å². The maximum atomic E-state index is 12.8. The van der Waals surface area contributed by atoms with E-state index in [1.807, 2.05) is 36.5 Å². The molecule has 6 atom stereocenters. The summed E-state index contributed by atoms with van der Waals surface area (Å²) in [4.78, 5) is 25.4. The highest BCUT2D eigenvalue weighted by Crippen LogP contribution is 2.24. The average molecular weight is 897 g/mol. The highest BCUT2D eigenvalue weighted by Gasteiger charge is 2.46. The molecule has 0 saturated carbocycles. The third-order valence-corrected chi connectivity index (χ3v) is 11.4. The van der Waals surface area contributed by atoms with E-state index in [-0.39, 0.29) is 19.4 Å². The number of rotatable bonds is 39. The Kier molecular flexibility index (Phi) is 35.9. The molecule has 1 heterocycles. The standard InChI is InChI=1S/C49H84O12S/c1-3-5-7-9-11-13-15-17-19-20-21-22-24-26-28-30-32-34-36-38-45(51)60-42(40-59-49-48(54)47(53)46(52)43(61-49)41-62(55,56)57)39-58-44(50)37-35-33-31-29-27-25-23-18-16-14-12-10-8-6-4-2/h6,8,10,12,14,16-19,23,42-43,46-49,52-54H,3-5,7,9,11,13,15,20-22,24-41H2,1-2H3,(H,55,56,57)/b8-6+,12-10+,16-14+,19-17+,23-18+/t42-,43-,46-,47?,48?,49+/m1/s1. The normalized spacial score (nSPS) is 20.4. The van der Waals surface area contributed by atoms with Crippen molar-refractivity contribution in [3.05, 3.63) is 60.8 Å². The quantitative estimate of drug-likeness (QED) is 0.0151. The first kappa shape index (κ1) is 57.4. The van der Waals surface area contributed by atoms with Crippen molar-refractivity contribution in [2.75, 3.05) is 19.0 Å². The topological polar surface area (TPSA) is 186 Å². The van der Waals surface area contributed by atoms with E-state index in [2.05, 4.69) is 38.2 Å². The second-order valence-corrected chi connectivity index (χ2v) is 18.0. The smallest absolute Gasteiger partial charge is 0.306 e. The van der Waals surface area contributed by atoms with E-state index >= 15 is 0 Å². The second kappa shape index (κ2) is 38.8. The van der Waals surface area contributed by atoms with Gasteiger partial charge in [-0.05, 0) is 57.8 Å². The number of hydrogen-bond acceptors (Lipinski definition) is 11. The number of hydrogen-bond donors (Lipinski definition) is 4. The van der Waals surface area contributed by atoms with Crippen LogP contribution < -0.4 is 0 Å². The van der Waals surface area contributed by atoms with Gasteiger partial charge in [0.25, 0.3) is 10.1 Å². The van der Waals surface area contributed by atoms with Gasteiger partial charge in [-0.3, -0.25) is 14.1 Å². The van der Waals surface area contributed by atoms with Gasteiger partial charge in [0.2, 0.25) is 0 Å². The van der Waals surface area contributed by atoms with Gasteiger partial charge in [0.05, 0.1) is 6.61 Å².